The van der Waals surface area contributed by atoms with Gasteiger partial charge in [0.25, 0.3) is 5.69 Å². The van der Waals surface area contributed by atoms with Crippen molar-refractivity contribution < 1.29 is 4.92 Å². The van der Waals surface area contributed by atoms with Gasteiger partial charge < -0.3 is 5.32 Å². The van der Waals surface area contributed by atoms with E-state index in [-0.39, 0.29) is 5.69 Å². The SMILES string of the molecule is O=[N+]([O-])c1ccccc1NCc1cnc2ccccc2n1. The minimum Gasteiger partial charge on any atom is -0.374 e. The fraction of sp³-hybridized carbons (Fsp3) is 0.0667. The lowest BCUT2D eigenvalue weighted by Gasteiger charge is -2.07. The van der Waals surface area contributed by atoms with Crippen LogP contribution in [0.15, 0.2) is 54.7 Å². The minimum atomic E-state index is -0.408. The normalized spacial score (nSPS) is 10.5. The molecule has 0 unspecified atom stereocenters. The van der Waals surface area contributed by atoms with Crippen LogP contribution in [0.25, 0.3) is 11.0 Å². The van der Waals surface area contributed by atoms with E-state index in [9.17, 15) is 10.1 Å². The highest BCUT2D eigenvalue weighted by molar-refractivity contribution is 5.73. The maximum Gasteiger partial charge on any atom is 0.292 e. The standard InChI is InChI=1S/C15H12N4O2/c20-19(21)15-8-4-3-7-14(15)17-10-11-9-16-12-5-1-2-6-13(12)18-11/h1-9,17H,10H2. The molecule has 3 rings (SSSR count). The number of hydrogen-bond donors (Lipinski definition) is 1. The third-order valence-electron chi connectivity index (χ3n) is 3.06. The number of nitrogens with zero attached hydrogens (tertiary/aromatic N) is 3. The predicted octanol–water partition coefficient (Wildman–Crippen LogP) is 3.15. The summed E-state index contributed by atoms with van der Waals surface area (Å²) in [5.74, 6) is 0. The second kappa shape index (κ2) is 5.54. The fourth-order valence-corrected chi connectivity index (χ4v) is 2.05. The largest absolute Gasteiger partial charge is 0.374 e. The Labute approximate surface area is 120 Å². The van der Waals surface area contributed by atoms with E-state index in [1.54, 1.807) is 24.4 Å². The quantitative estimate of drug-likeness (QED) is 0.586. The van der Waals surface area contributed by atoms with Crippen molar-refractivity contribution in [1.29, 1.82) is 0 Å². The molecule has 2 aromatic carbocycles. The zero-order chi connectivity index (χ0) is 14.7. The summed E-state index contributed by atoms with van der Waals surface area (Å²) < 4.78 is 0. The Morgan fingerprint density at radius 2 is 1.76 bits per heavy atom. The van der Waals surface area contributed by atoms with Crippen LogP contribution < -0.4 is 5.32 Å². The molecule has 1 N–H and O–H groups in total. The number of hydrogen-bond acceptors (Lipinski definition) is 5. The van der Waals surface area contributed by atoms with Gasteiger partial charge in [-0.05, 0) is 18.2 Å². The van der Waals surface area contributed by atoms with E-state index in [0.29, 0.717) is 12.2 Å². The summed E-state index contributed by atoms with van der Waals surface area (Å²) in [6, 6.07) is 14.1. The predicted molar refractivity (Wildman–Crippen MR) is 80.0 cm³/mol. The summed E-state index contributed by atoms with van der Waals surface area (Å²) in [5.41, 5.74) is 2.88. The molecular formula is C15H12N4O2. The molecule has 0 atom stereocenters. The van der Waals surface area contributed by atoms with E-state index in [1.165, 1.54) is 6.07 Å². The van der Waals surface area contributed by atoms with Gasteiger partial charge in [0.05, 0.1) is 34.4 Å². The first-order chi connectivity index (χ1) is 10.2. The molecule has 1 aromatic heterocycles. The molecule has 0 saturated heterocycles. The summed E-state index contributed by atoms with van der Waals surface area (Å²) in [6.07, 6.45) is 1.67. The number of para-hydroxylation sites is 4. The van der Waals surface area contributed by atoms with Gasteiger partial charge in [-0.15, -0.1) is 0 Å². The van der Waals surface area contributed by atoms with E-state index in [4.69, 9.17) is 0 Å². The monoisotopic (exact) mass is 280 g/mol. The molecule has 0 spiro atoms. The van der Waals surface area contributed by atoms with Crippen molar-refractivity contribution in [3.05, 3.63) is 70.5 Å². The van der Waals surface area contributed by atoms with Crippen LogP contribution >= 0.6 is 0 Å². The molecule has 0 saturated carbocycles. The molecule has 21 heavy (non-hydrogen) atoms. The molecule has 3 aromatic rings. The molecule has 6 heteroatoms. The van der Waals surface area contributed by atoms with Crippen LogP contribution in [0.2, 0.25) is 0 Å². The molecule has 0 aliphatic carbocycles. The van der Waals surface area contributed by atoms with Crippen molar-refractivity contribution in [3.8, 4) is 0 Å². The Morgan fingerprint density at radius 3 is 2.57 bits per heavy atom. The highest BCUT2D eigenvalue weighted by atomic mass is 16.6. The highest BCUT2D eigenvalue weighted by Crippen LogP contribution is 2.23. The van der Waals surface area contributed by atoms with Gasteiger partial charge in [-0.3, -0.25) is 15.1 Å². The van der Waals surface area contributed by atoms with Crippen molar-refractivity contribution in [2.24, 2.45) is 0 Å². The molecule has 0 aliphatic rings. The van der Waals surface area contributed by atoms with Crippen molar-refractivity contribution in [3.63, 3.8) is 0 Å². The van der Waals surface area contributed by atoms with E-state index >= 15 is 0 Å². The first-order valence-corrected chi connectivity index (χ1v) is 6.42. The number of nitrogens with one attached hydrogen (secondary N) is 1. The smallest absolute Gasteiger partial charge is 0.292 e. The molecular weight excluding hydrogens is 268 g/mol. The van der Waals surface area contributed by atoms with Gasteiger partial charge in [-0.2, -0.15) is 0 Å². The number of anilines is 1. The minimum absolute atomic E-state index is 0.0475. The number of nitro groups is 1. The Balaban J connectivity index is 1.82. The number of rotatable bonds is 4. The maximum atomic E-state index is 10.9. The molecule has 0 amide bonds. The molecule has 0 fully saturated rings. The van der Waals surface area contributed by atoms with Gasteiger partial charge in [0.2, 0.25) is 0 Å². The third kappa shape index (κ3) is 2.79. The lowest BCUT2D eigenvalue weighted by molar-refractivity contribution is -0.384. The molecule has 6 nitrogen and oxygen atoms in total. The summed E-state index contributed by atoms with van der Waals surface area (Å²) in [4.78, 5) is 19.3. The highest BCUT2D eigenvalue weighted by Gasteiger charge is 2.11. The van der Waals surface area contributed by atoms with Gasteiger partial charge in [-0.1, -0.05) is 24.3 Å². The first kappa shape index (κ1) is 13.0. The van der Waals surface area contributed by atoms with Crippen LogP contribution in [0.3, 0.4) is 0 Å². The Kier molecular flexibility index (Phi) is 3.42. The van der Waals surface area contributed by atoms with E-state index in [2.05, 4.69) is 15.3 Å². The second-order valence-electron chi connectivity index (χ2n) is 4.48. The number of fused-ring (bicyclic) bond motifs is 1. The second-order valence-corrected chi connectivity index (χ2v) is 4.48. The maximum absolute atomic E-state index is 10.9. The van der Waals surface area contributed by atoms with Crippen molar-refractivity contribution in [1.82, 2.24) is 9.97 Å². The van der Waals surface area contributed by atoms with E-state index < -0.39 is 4.92 Å². The number of benzene rings is 2. The summed E-state index contributed by atoms with van der Waals surface area (Å²) in [5, 5.41) is 14.0. The van der Waals surface area contributed by atoms with Crippen LogP contribution in [-0.2, 0) is 6.54 Å². The summed E-state index contributed by atoms with van der Waals surface area (Å²) >= 11 is 0. The van der Waals surface area contributed by atoms with Gasteiger partial charge in [0.1, 0.15) is 5.69 Å². The van der Waals surface area contributed by atoms with Crippen molar-refractivity contribution >= 4 is 22.4 Å². The van der Waals surface area contributed by atoms with E-state index in [0.717, 1.165) is 16.7 Å². The van der Waals surface area contributed by atoms with Gasteiger partial charge >= 0.3 is 0 Å². The third-order valence-corrected chi connectivity index (χ3v) is 3.06. The molecule has 0 aliphatic heterocycles. The zero-order valence-corrected chi connectivity index (χ0v) is 11.1. The lowest BCUT2D eigenvalue weighted by atomic mass is 10.2. The average Bonchev–Trinajstić information content (AvgIpc) is 2.53. The Hall–Kier alpha value is -3.02. The van der Waals surface area contributed by atoms with Crippen LogP contribution in [0.5, 0.6) is 0 Å². The molecule has 1 heterocycles. The zero-order valence-electron chi connectivity index (χ0n) is 11.1. The van der Waals surface area contributed by atoms with Crippen LogP contribution in [-0.4, -0.2) is 14.9 Å². The first-order valence-electron chi connectivity index (χ1n) is 6.42. The molecule has 104 valence electrons. The number of aromatic nitrogens is 2. The van der Waals surface area contributed by atoms with Crippen LogP contribution in [0.4, 0.5) is 11.4 Å². The van der Waals surface area contributed by atoms with Gasteiger partial charge in [-0.25, -0.2) is 4.98 Å². The summed E-state index contributed by atoms with van der Waals surface area (Å²) in [7, 11) is 0. The van der Waals surface area contributed by atoms with Crippen LogP contribution in [0, 0.1) is 10.1 Å². The number of nitro benzene ring substituents is 1. The van der Waals surface area contributed by atoms with E-state index in [1.807, 2.05) is 24.3 Å². The molecule has 0 bridgehead atoms. The summed E-state index contributed by atoms with van der Waals surface area (Å²) in [6.45, 7) is 0.378. The Morgan fingerprint density at radius 1 is 1.05 bits per heavy atom. The fourth-order valence-electron chi connectivity index (χ4n) is 2.05. The Bertz CT molecular complexity index is 804. The van der Waals surface area contributed by atoms with Crippen molar-refractivity contribution in [2.75, 3.05) is 5.32 Å². The van der Waals surface area contributed by atoms with Gasteiger partial charge in [0, 0.05) is 6.07 Å². The average molecular weight is 280 g/mol. The van der Waals surface area contributed by atoms with Crippen LogP contribution in [0.1, 0.15) is 5.69 Å². The lowest BCUT2D eigenvalue weighted by Crippen LogP contribution is -2.04. The molecule has 0 radical (unpaired) electrons. The van der Waals surface area contributed by atoms with Crippen molar-refractivity contribution in [2.45, 2.75) is 6.54 Å². The van der Waals surface area contributed by atoms with Gasteiger partial charge in [0.15, 0.2) is 0 Å². The topological polar surface area (TPSA) is 81.0 Å².